The van der Waals surface area contributed by atoms with Gasteiger partial charge in [-0.3, -0.25) is 4.79 Å². The number of aromatic amines is 1. The molecule has 0 bridgehead atoms. The van der Waals surface area contributed by atoms with Gasteiger partial charge in [-0.25, -0.2) is 4.79 Å². The van der Waals surface area contributed by atoms with E-state index in [-0.39, 0.29) is 18.4 Å². The lowest BCUT2D eigenvalue weighted by atomic mass is 10.0. The molecule has 37 heavy (non-hydrogen) atoms. The summed E-state index contributed by atoms with van der Waals surface area (Å²) in [4.78, 5) is 26.7. The fourth-order valence-electron chi connectivity index (χ4n) is 4.44. The summed E-state index contributed by atoms with van der Waals surface area (Å²) < 4.78 is 6.93. The van der Waals surface area contributed by atoms with Crippen LogP contribution in [0, 0.1) is 5.92 Å². The molecule has 1 atom stereocenters. The molecule has 2 N–H and O–H groups in total. The predicted molar refractivity (Wildman–Crippen MR) is 143 cm³/mol. The van der Waals surface area contributed by atoms with Crippen molar-refractivity contribution < 1.29 is 19.1 Å². The standard InChI is InChI=1S/C27H30BrN5O4/c1-4-5-6-7-22(34)33(24(16(2)3)27(35)36)15-17-8-13-21-20(14-17)23(28)25(37-21)18-9-11-19(12-10-18)26-29-31-32-30-26/h8-14,16,24H,4-7,15H2,1-3H3,(H,35,36)(H,29,30,31,32). The highest BCUT2D eigenvalue weighted by atomic mass is 79.9. The second-order valence-electron chi connectivity index (χ2n) is 9.39. The molecule has 2 heterocycles. The molecule has 0 aliphatic rings. The lowest BCUT2D eigenvalue weighted by Gasteiger charge is -2.32. The molecule has 9 nitrogen and oxygen atoms in total. The van der Waals surface area contributed by atoms with E-state index < -0.39 is 12.0 Å². The van der Waals surface area contributed by atoms with E-state index in [0.29, 0.717) is 23.6 Å². The molecule has 0 radical (unpaired) electrons. The number of nitrogens with zero attached hydrogens (tertiary/aromatic N) is 4. The Morgan fingerprint density at radius 1 is 1.11 bits per heavy atom. The van der Waals surface area contributed by atoms with E-state index in [1.807, 2.05) is 56.3 Å². The lowest BCUT2D eigenvalue weighted by molar-refractivity contribution is -0.153. The van der Waals surface area contributed by atoms with Gasteiger partial charge in [0.05, 0.1) is 4.47 Å². The van der Waals surface area contributed by atoms with Crippen LogP contribution >= 0.6 is 15.9 Å². The summed E-state index contributed by atoms with van der Waals surface area (Å²) in [6.07, 6.45) is 3.02. The number of carboxylic acids is 1. The third-order valence-corrected chi connectivity index (χ3v) is 7.12. The summed E-state index contributed by atoms with van der Waals surface area (Å²) in [6, 6.07) is 12.4. The highest BCUT2D eigenvalue weighted by Crippen LogP contribution is 2.38. The zero-order valence-corrected chi connectivity index (χ0v) is 22.7. The maximum absolute atomic E-state index is 13.1. The third-order valence-electron chi connectivity index (χ3n) is 6.33. The number of carbonyl (C=O) groups excluding carboxylic acids is 1. The van der Waals surface area contributed by atoms with Gasteiger partial charge < -0.3 is 14.4 Å². The lowest BCUT2D eigenvalue weighted by Crippen LogP contribution is -2.47. The summed E-state index contributed by atoms with van der Waals surface area (Å²) in [6.45, 7) is 5.95. The summed E-state index contributed by atoms with van der Waals surface area (Å²) in [5.41, 5.74) is 3.22. The number of aliphatic carboxylic acids is 1. The van der Waals surface area contributed by atoms with Crippen molar-refractivity contribution in [2.75, 3.05) is 0 Å². The molecule has 0 saturated heterocycles. The number of H-pyrrole nitrogens is 1. The van der Waals surface area contributed by atoms with Crippen LogP contribution in [0.1, 0.15) is 52.0 Å². The highest BCUT2D eigenvalue weighted by molar-refractivity contribution is 9.10. The van der Waals surface area contributed by atoms with Crippen molar-refractivity contribution in [2.45, 2.75) is 59.0 Å². The summed E-state index contributed by atoms with van der Waals surface area (Å²) >= 11 is 3.68. The van der Waals surface area contributed by atoms with Gasteiger partial charge in [-0.05, 0) is 51.2 Å². The number of furan rings is 1. The first-order chi connectivity index (χ1) is 17.8. The summed E-state index contributed by atoms with van der Waals surface area (Å²) in [5, 5.41) is 24.8. The number of hydrogen-bond donors (Lipinski definition) is 2. The zero-order valence-electron chi connectivity index (χ0n) is 21.1. The summed E-state index contributed by atoms with van der Waals surface area (Å²) in [7, 11) is 0. The van der Waals surface area contributed by atoms with Gasteiger partial charge in [-0.1, -0.05) is 63.9 Å². The average molecular weight is 568 g/mol. The minimum Gasteiger partial charge on any atom is -0.480 e. The minimum absolute atomic E-state index is 0.136. The van der Waals surface area contributed by atoms with Gasteiger partial charge in [-0.2, -0.15) is 5.21 Å². The fourth-order valence-corrected chi connectivity index (χ4v) is 5.06. The van der Waals surface area contributed by atoms with E-state index in [0.717, 1.165) is 45.8 Å². The van der Waals surface area contributed by atoms with Crippen molar-refractivity contribution in [3.8, 4) is 22.7 Å². The minimum atomic E-state index is -0.990. The number of tetrazole rings is 1. The van der Waals surface area contributed by atoms with Gasteiger partial charge in [0, 0.05) is 29.5 Å². The monoisotopic (exact) mass is 567 g/mol. The normalized spacial score (nSPS) is 12.2. The topological polar surface area (TPSA) is 125 Å². The largest absolute Gasteiger partial charge is 0.480 e. The van der Waals surface area contributed by atoms with Crippen LogP contribution < -0.4 is 0 Å². The molecular weight excluding hydrogens is 538 g/mol. The Morgan fingerprint density at radius 3 is 2.46 bits per heavy atom. The van der Waals surface area contributed by atoms with Crippen LogP contribution in [0.4, 0.5) is 0 Å². The van der Waals surface area contributed by atoms with Gasteiger partial charge in [0.2, 0.25) is 11.7 Å². The molecule has 0 aliphatic heterocycles. The number of halogens is 1. The Bertz CT molecular complexity index is 1370. The van der Waals surface area contributed by atoms with Crippen molar-refractivity contribution >= 4 is 38.8 Å². The molecule has 0 spiro atoms. The van der Waals surface area contributed by atoms with Gasteiger partial charge in [0.15, 0.2) is 0 Å². The number of fused-ring (bicyclic) bond motifs is 1. The van der Waals surface area contributed by atoms with Crippen LogP contribution in [-0.4, -0.2) is 48.5 Å². The van der Waals surface area contributed by atoms with E-state index in [4.69, 9.17) is 4.42 Å². The Kier molecular flexibility index (Phi) is 8.38. The van der Waals surface area contributed by atoms with E-state index in [1.165, 1.54) is 4.90 Å². The molecule has 10 heteroatoms. The van der Waals surface area contributed by atoms with Crippen molar-refractivity contribution in [3.63, 3.8) is 0 Å². The number of carboxylic acid groups (broad SMARTS) is 1. The predicted octanol–water partition coefficient (Wildman–Crippen LogP) is 6.06. The van der Waals surface area contributed by atoms with Gasteiger partial charge in [0.25, 0.3) is 0 Å². The molecule has 0 saturated carbocycles. The summed E-state index contributed by atoms with van der Waals surface area (Å²) in [5.74, 6) is -0.169. The van der Waals surface area contributed by atoms with E-state index in [1.54, 1.807) is 0 Å². The molecule has 2 aromatic carbocycles. The molecule has 4 rings (SSSR count). The second-order valence-corrected chi connectivity index (χ2v) is 10.2. The number of aromatic nitrogens is 4. The van der Waals surface area contributed by atoms with Gasteiger partial charge in [0.1, 0.15) is 17.4 Å². The van der Waals surface area contributed by atoms with Crippen LogP contribution in [0.5, 0.6) is 0 Å². The smallest absolute Gasteiger partial charge is 0.326 e. The van der Waals surface area contributed by atoms with E-state index in [9.17, 15) is 14.7 Å². The molecule has 194 valence electrons. The third kappa shape index (κ3) is 5.90. The first kappa shape index (κ1) is 26.5. The molecular formula is C27H30BrN5O4. The first-order valence-electron chi connectivity index (χ1n) is 12.4. The van der Waals surface area contributed by atoms with Gasteiger partial charge in [-0.15, -0.1) is 10.2 Å². The van der Waals surface area contributed by atoms with Crippen LogP contribution in [0.3, 0.4) is 0 Å². The molecule has 4 aromatic rings. The van der Waals surface area contributed by atoms with E-state index >= 15 is 0 Å². The number of unbranched alkanes of at least 4 members (excludes halogenated alkanes) is 2. The fraction of sp³-hybridized carbons (Fsp3) is 0.370. The molecule has 0 aliphatic carbocycles. The first-order valence-corrected chi connectivity index (χ1v) is 13.2. The maximum Gasteiger partial charge on any atom is 0.326 e. The van der Waals surface area contributed by atoms with Crippen molar-refractivity contribution in [2.24, 2.45) is 5.92 Å². The maximum atomic E-state index is 13.1. The van der Waals surface area contributed by atoms with E-state index in [2.05, 4.69) is 43.5 Å². The van der Waals surface area contributed by atoms with Crippen molar-refractivity contribution in [3.05, 3.63) is 52.5 Å². The van der Waals surface area contributed by atoms with Crippen LogP contribution in [-0.2, 0) is 16.1 Å². The van der Waals surface area contributed by atoms with Crippen LogP contribution in [0.15, 0.2) is 51.4 Å². The quantitative estimate of drug-likeness (QED) is 0.211. The SMILES string of the molecule is CCCCCC(=O)N(Cc1ccc2oc(-c3ccc(-c4nn[nH]n4)cc3)c(Br)c2c1)C(C(=O)O)C(C)C. The second kappa shape index (κ2) is 11.7. The Morgan fingerprint density at radius 2 is 1.84 bits per heavy atom. The molecule has 2 aromatic heterocycles. The van der Waals surface area contributed by atoms with Crippen LogP contribution in [0.2, 0.25) is 0 Å². The molecule has 1 unspecified atom stereocenters. The highest BCUT2D eigenvalue weighted by Gasteiger charge is 2.32. The molecule has 1 amide bonds. The van der Waals surface area contributed by atoms with Crippen LogP contribution in [0.25, 0.3) is 33.7 Å². The Balaban J connectivity index is 1.63. The van der Waals surface area contributed by atoms with Crippen molar-refractivity contribution in [1.29, 1.82) is 0 Å². The number of rotatable bonds is 11. The molecule has 0 fully saturated rings. The number of benzene rings is 2. The van der Waals surface area contributed by atoms with Crippen molar-refractivity contribution in [1.82, 2.24) is 25.5 Å². The zero-order chi connectivity index (χ0) is 26.5. The Hall–Kier alpha value is -3.53. The number of carbonyl (C=O) groups is 2. The average Bonchev–Trinajstić information content (AvgIpc) is 3.52. The number of amides is 1. The number of hydrogen-bond acceptors (Lipinski definition) is 6. The Labute approximate surface area is 223 Å². The number of nitrogens with one attached hydrogen (secondary N) is 1. The van der Waals surface area contributed by atoms with Gasteiger partial charge >= 0.3 is 5.97 Å².